The Labute approximate surface area is 132 Å². The minimum atomic E-state index is 0.367. The first kappa shape index (κ1) is 16.2. The van der Waals surface area contributed by atoms with E-state index in [9.17, 15) is 0 Å². The molecule has 2 unspecified atom stereocenters. The summed E-state index contributed by atoms with van der Waals surface area (Å²) in [6, 6.07) is 8.79. The number of benzene rings is 1. The SMILES string of the molecule is CCCNC1C(Sc2ccccc2Cl)CCCC1(C)C. The molecule has 0 amide bonds. The van der Waals surface area contributed by atoms with Gasteiger partial charge in [-0.2, -0.15) is 0 Å². The summed E-state index contributed by atoms with van der Waals surface area (Å²) in [6.07, 6.45) is 5.10. The van der Waals surface area contributed by atoms with Gasteiger partial charge < -0.3 is 5.32 Å². The van der Waals surface area contributed by atoms with Gasteiger partial charge in [0.05, 0.1) is 5.02 Å². The van der Waals surface area contributed by atoms with Gasteiger partial charge in [0.25, 0.3) is 0 Å². The Morgan fingerprint density at radius 2 is 2.10 bits per heavy atom. The van der Waals surface area contributed by atoms with Crippen LogP contribution in [0.15, 0.2) is 29.2 Å². The fourth-order valence-corrected chi connectivity index (χ4v) is 4.94. The molecule has 0 aromatic heterocycles. The fourth-order valence-electron chi connectivity index (χ4n) is 3.12. The molecule has 3 heteroatoms. The number of nitrogens with one attached hydrogen (secondary N) is 1. The molecule has 2 rings (SSSR count). The van der Waals surface area contributed by atoms with Crippen molar-refractivity contribution in [1.29, 1.82) is 0 Å². The molecule has 0 spiro atoms. The molecule has 0 saturated heterocycles. The van der Waals surface area contributed by atoms with Gasteiger partial charge in [0, 0.05) is 16.2 Å². The summed E-state index contributed by atoms with van der Waals surface area (Å²) in [4.78, 5) is 1.22. The lowest BCUT2D eigenvalue weighted by Crippen LogP contribution is -2.51. The summed E-state index contributed by atoms with van der Waals surface area (Å²) >= 11 is 8.28. The Bertz CT molecular complexity index is 433. The second-order valence-corrected chi connectivity index (χ2v) is 8.09. The largest absolute Gasteiger partial charge is 0.312 e. The third-order valence-electron chi connectivity index (χ3n) is 4.25. The van der Waals surface area contributed by atoms with Crippen molar-refractivity contribution in [2.75, 3.05) is 6.54 Å². The van der Waals surface area contributed by atoms with Crippen LogP contribution in [0.25, 0.3) is 0 Å². The normalized spacial score (nSPS) is 25.6. The number of halogens is 1. The third-order valence-corrected chi connectivity index (χ3v) is 6.11. The second kappa shape index (κ2) is 7.20. The number of hydrogen-bond acceptors (Lipinski definition) is 2. The molecule has 1 nitrogen and oxygen atoms in total. The van der Waals surface area contributed by atoms with Crippen molar-refractivity contribution in [1.82, 2.24) is 5.32 Å². The van der Waals surface area contributed by atoms with Crippen LogP contribution in [-0.4, -0.2) is 17.8 Å². The Morgan fingerprint density at radius 3 is 2.80 bits per heavy atom. The maximum absolute atomic E-state index is 6.33. The van der Waals surface area contributed by atoms with Crippen LogP contribution in [0.4, 0.5) is 0 Å². The highest BCUT2D eigenvalue weighted by Gasteiger charge is 2.39. The zero-order chi connectivity index (χ0) is 14.6. The van der Waals surface area contributed by atoms with E-state index in [1.807, 2.05) is 23.9 Å². The quantitative estimate of drug-likeness (QED) is 0.783. The molecule has 20 heavy (non-hydrogen) atoms. The van der Waals surface area contributed by atoms with Gasteiger partial charge in [-0.25, -0.2) is 0 Å². The predicted molar refractivity (Wildman–Crippen MR) is 90.8 cm³/mol. The molecule has 0 heterocycles. The summed E-state index contributed by atoms with van der Waals surface area (Å²) in [7, 11) is 0. The molecule has 2 atom stereocenters. The molecule has 1 aromatic rings. The monoisotopic (exact) mass is 311 g/mol. The average Bonchev–Trinajstić information content (AvgIpc) is 2.40. The molecule has 112 valence electrons. The first-order valence-electron chi connectivity index (χ1n) is 7.69. The average molecular weight is 312 g/mol. The lowest BCUT2D eigenvalue weighted by Gasteiger charge is -2.44. The van der Waals surface area contributed by atoms with Crippen LogP contribution in [0.3, 0.4) is 0 Å². The van der Waals surface area contributed by atoms with Crippen LogP contribution in [0.1, 0.15) is 46.5 Å². The maximum atomic E-state index is 6.33. The fraction of sp³-hybridized carbons (Fsp3) is 0.647. The molecule has 0 bridgehead atoms. The van der Waals surface area contributed by atoms with E-state index < -0.39 is 0 Å². The van der Waals surface area contributed by atoms with Gasteiger partial charge in [-0.3, -0.25) is 0 Å². The second-order valence-electron chi connectivity index (χ2n) is 6.40. The van der Waals surface area contributed by atoms with E-state index in [0.717, 1.165) is 11.6 Å². The smallest absolute Gasteiger partial charge is 0.0541 e. The third kappa shape index (κ3) is 3.93. The van der Waals surface area contributed by atoms with Crippen LogP contribution in [-0.2, 0) is 0 Å². The van der Waals surface area contributed by atoms with Crippen LogP contribution < -0.4 is 5.32 Å². The topological polar surface area (TPSA) is 12.0 Å². The Morgan fingerprint density at radius 1 is 1.35 bits per heavy atom. The predicted octanol–water partition coefficient (Wildman–Crippen LogP) is 5.38. The van der Waals surface area contributed by atoms with Gasteiger partial charge in [-0.15, -0.1) is 11.8 Å². The minimum absolute atomic E-state index is 0.367. The lowest BCUT2D eigenvalue weighted by atomic mass is 9.73. The summed E-state index contributed by atoms with van der Waals surface area (Å²) in [5.41, 5.74) is 0.367. The van der Waals surface area contributed by atoms with Crippen molar-refractivity contribution in [3.05, 3.63) is 29.3 Å². The van der Waals surface area contributed by atoms with E-state index >= 15 is 0 Å². The van der Waals surface area contributed by atoms with Gasteiger partial charge in [0.15, 0.2) is 0 Å². The summed E-state index contributed by atoms with van der Waals surface area (Å²) in [5.74, 6) is 0. The van der Waals surface area contributed by atoms with Crippen molar-refractivity contribution in [3.8, 4) is 0 Å². The molecule has 1 fully saturated rings. The highest BCUT2D eigenvalue weighted by molar-refractivity contribution is 8.00. The molecular formula is C17H26ClNS. The van der Waals surface area contributed by atoms with Gasteiger partial charge >= 0.3 is 0 Å². The zero-order valence-corrected chi connectivity index (χ0v) is 14.4. The van der Waals surface area contributed by atoms with Crippen molar-refractivity contribution in [2.45, 2.75) is 62.6 Å². The van der Waals surface area contributed by atoms with Crippen LogP contribution >= 0.6 is 23.4 Å². The Balaban J connectivity index is 2.13. The van der Waals surface area contributed by atoms with E-state index in [-0.39, 0.29) is 0 Å². The van der Waals surface area contributed by atoms with Crippen LogP contribution in [0.2, 0.25) is 5.02 Å². The van der Waals surface area contributed by atoms with Crippen molar-refractivity contribution in [2.24, 2.45) is 5.41 Å². The van der Waals surface area contributed by atoms with Crippen molar-refractivity contribution < 1.29 is 0 Å². The number of rotatable bonds is 5. The van der Waals surface area contributed by atoms with Crippen LogP contribution in [0.5, 0.6) is 0 Å². The molecule has 1 saturated carbocycles. The van der Waals surface area contributed by atoms with E-state index in [0.29, 0.717) is 16.7 Å². The van der Waals surface area contributed by atoms with E-state index in [1.54, 1.807) is 0 Å². The highest BCUT2D eigenvalue weighted by atomic mass is 35.5. The van der Waals surface area contributed by atoms with Gasteiger partial charge in [0.2, 0.25) is 0 Å². The Kier molecular flexibility index (Phi) is 5.83. The molecular weight excluding hydrogens is 286 g/mol. The highest BCUT2D eigenvalue weighted by Crippen LogP contribution is 2.44. The van der Waals surface area contributed by atoms with E-state index in [1.165, 1.54) is 30.6 Å². The minimum Gasteiger partial charge on any atom is -0.312 e. The standard InChI is InChI=1S/C17H26ClNS/c1-4-12-19-16-15(10-7-11-17(16,2)3)20-14-9-6-5-8-13(14)18/h5-6,8-9,15-16,19H,4,7,10-12H2,1-3H3. The van der Waals surface area contributed by atoms with Gasteiger partial charge in [-0.1, -0.05) is 50.9 Å². The zero-order valence-electron chi connectivity index (χ0n) is 12.8. The molecule has 1 N–H and O–H groups in total. The van der Waals surface area contributed by atoms with Gasteiger partial charge in [0.1, 0.15) is 0 Å². The molecule has 1 aromatic carbocycles. The first-order valence-corrected chi connectivity index (χ1v) is 8.95. The molecule has 1 aliphatic rings. The number of hydrogen-bond donors (Lipinski definition) is 1. The summed E-state index contributed by atoms with van der Waals surface area (Å²) < 4.78 is 0. The van der Waals surface area contributed by atoms with E-state index in [4.69, 9.17) is 11.6 Å². The van der Waals surface area contributed by atoms with E-state index in [2.05, 4.69) is 38.2 Å². The molecule has 0 radical (unpaired) electrons. The maximum Gasteiger partial charge on any atom is 0.0541 e. The van der Waals surface area contributed by atoms with Crippen molar-refractivity contribution >= 4 is 23.4 Å². The first-order chi connectivity index (χ1) is 9.54. The Hall–Kier alpha value is -0.180. The number of thioether (sulfide) groups is 1. The molecule has 0 aliphatic heterocycles. The summed E-state index contributed by atoms with van der Waals surface area (Å²) in [5, 5.41) is 5.29. The molecule has 1 aliphatic carbocycles. The van der Waals surface area contributed by atoms with Crippen molar-refractivity contribution in [3.63, 3.8) is 0 Å². The lowest BCUT2D eigenvalue weighted by molar-refractivity contribution is 0.175. The van der Waals surface area contributed by atoms with Gasteiger partial charge in [-0.05, 0) is 43.4 Å². The van der Waals surface area contributed by atoms with Crippen LogP contribution in [0, 0.1) is 5.41 Å². The summed E-state index contributed by atoms with van der Waals surface area (Å²) in [6.45, 7) is 8.14.